The molecule has 2 aromatic carbocycles. The maximum Gasteiger partial charge on any atom is 0.257 e. The van der Waals surface area contributed by atoms with E-state index in [0.717, 1.165) is 11.9 Å². The Morgan fingerprint density at radius 2 is 1.80 bits per heavy atom. The van der Waals surface area contributed by atoms with Gasteiger partial charge < -0.3 is 4.90 Å². The quantitative estimate of drug-likeness (QED) is 0.758. The van der Waals surface area contributed by atoms with Gasteiger partial charge in [0, 0.05) is 31.6 Å². The number of sulfone groups is 1. The molecule has 3 rings (SSSR count). The molecular formula is C17H17N3O3S2. The molecule has 0 unspecified atom stereocenters. The third-order valence-corrected chi connectivity index (χ3v) is 5.70. The van der Waals surface area contributed by atoms with Crippen LogP contribution in [-0.4, -0.2) is 39.7 Å². The zero-order chi connectivity index (χ0) is 18.2. The highest BCUT2D eigenvalue weighted by molar-refractivity contribution is 7.90. The Morgan fingerprint density at radius 1 is 1.12 bits per heavy atom. The second kappa shape index (κ2) is 6.45. The fourth-order valence-corrected chi connectivity index (χ4v) is 3.89. The van der Waals surface area contributed by atoms with Crippen molar-refractivity contribution in [3.63, 3.8) is 0 Å². The van der Waals surface area contributed by atoms with E-state index in [0.29, 0.717) is 20.9 Å². The molecule has 3 aromatic rings. The van der Waals surface area contributed by atoms with Gasteiger partial charge in [-0.05, 0) is 42.5 Å². The summed E-state index contributed by atoms with van der Waals surface area (Å²) in [5.41, 5.74) is 2.18. The molecule has 1 aromatic heterocycles. The SMILES string of the molecule is CN(C)c1ccc(C(=O)Nc2nc3ccc(S(C)(=O)=O)cc3s2)cc1. The van der Waals surface area contributed by atoms with Crippen LogP contribution >= 0.6 is 11.3 Å². The van der Waals surface area contributed by atoms with Crippen molar-refractivity contribution < 1.29 is 13.2 Å². The highest BCUT2D eigenvalue weighted by Gasteiger charge is 2.13. The summed E-state index contributed by atoms with van der Waals surface area (Å²) < 4.78 is 24.0. The Balaban J connectivity index is 1.83. The maximum absolute atomic E-state index is 12.3. The number of hydrogen-bond donors (Lipinski definition) is 1. The lowest BCUT2D eigenvalue weighted by atomic mass is 10.2. The number of thiazole rings is 1. The standard InChI is InChI=1S/C17H17N3O3S2/c1-20(2)12-6-4-11(5-7-12)16(21)19-17-18-14-9-8-13(25(3,22)23)10-15(14)24-17/h4-10H,1-3H3,(H,18,19,21). The number of nitrogens with one attached hydrogen (secondary N) is 1. The van der Waals surface area contributed by atoms with Crippen LogP contribution in [0.5, 0.6) is 0 Å². The summed E-state index contributed by atoms with van der Waals surface area (Å²) in [6, 6.07) is 12.0. The Labute approximate surface area is 150 Å². The average molecular weight is 375 g/mol. The maximum atomic E-state index is 12.3. The number of hydrogen-bond acceptors (Lipinski definition) is 6. The topological polar surface area (TPSA) is 79.4 Å². The van der Waals surface area contributed by atoms with Gasteiger partial charge in [0.2, 0.25) is 0 Å². The van der Waals surface area contributed by atoms with E-state index in [2.05, 4.69) is 10.3 Å². The van der Waals surface area contributed by atoms with Gasteiger partial charge in [0.05, 0.1) is 15.1 Å². The molecule has 6 nitrogen and oxygen atoms in total. The van der Waals surface area contributed by atoms with E-state index in [9.17, 15) is 13.2 Å². The van der Waals surface area contributed by atoms with Crippen LogP contribution in [0.3, 0.4) is 0 Å². The first-order chi connectivity index (χ1) is 11.7. The van der Waals surface area contributed by atoms with Crippen LogP contribution in [0, 0.1) is 0 Å². The van der Waals surface area contributed by atoms with E-state index in [1.807, 2.05) is 31.1 Å². The highest BCUT2D eigenvalue weighted by Crippen LogP contribution is 2.28. The molecule has 0 aliphatic carbocycles. The van der Waals surface area contributed by atoms with Gasteiger partial charge in [-0.25, -0.2) is 13.4 Å². The van der Waals surface area contributed by atoms with Crippen LogP contribution < -0.4 is 10.2 Å². The number of nitrogens with zero attached hydrogens (tertiary/aromatic N) is 2. The first kappa shape index (κ1) is 17.4. The van der Waals surface area contributed by atoms with Crippen molar-refractivity contribution in [3.05, 3.63) is 48.0 Å². The van der Waals surface area contributed by atoms with Gasteiger partial charge in [-0.1, -0.05) is 11.3 Å². The molecule has 1 amide bonds. The molecule has 1 N–H and O–H groups in total. The van der Waals surface area contributed by atoms with Crippen molar-refractivity contribution in [2.75, 3.05) is 30.6 Å². The van der Waals surface area contributed by atoms with Crippen LogP contribution in [0.15, 0.2) is 47.4 Å². The van der Waals surface area contributed by atoms with E-state index in [1.54, 1.807) is 24.3 Å². The molecule has 0 fully saturated rings. The Hall–Kier alpha value is -2.45. The summed E-state index contributed by atoms with van der Waals surface area (Å²) in [6.45, 7) is 0. The van der Waals surface area contributed by atoms with Crippen molar-refractivity contribution in [1.29, 1.82) is 0 Å². The van der Waals surface area contributed by atoms with E-state index in [4.69, 9.17) is 0 Å². The Kier molecular flexibility index (Phi) is 4.49. The van der Waals surface area contributed by atoms with Crippen molar-refractivity contribution in [3.8, 4) is 0 Å². The second-order valence-electron chi connectivity index (χ2n) is 5.82. The van der Waals surface area contributed by atoms with Crippen LogP contribution in [0.25, 0.3) is 10.2 Å². The molecule has 0 radical (unpaired) electrons. The number of anilines is 2. The van der Waals surface area contributed by atoms with Crippen LogP contribution in [0.4, 0.5) is 10.8 Å². The molecule has 0 spiro atoms. The first-order valence-electron chi connectivity index (χ1n) is 7.43. The predicted molar refractivity (Wildman–Crippen MR) is 101 cm³/mol. The van der Waals surface area contributed by atoms with Gasteiger partial charge in [0.1, 0.15) is 0 Å². The van der Waals surface area contributed by atoms with Gasteiger partial charge in [-0.2, -0.15) is 0 Å². The van der Waals surface area contributed by atoms with Crippen molar-refractivity contribution in [1.82, 2.24) is 4.98 Å². The van der Waals surface area contributed by atoms with Gasteiger partial charge in [0.25, 0.3) is 5.91 Å². The van der Waals surface area contributed by atoms with E-state index >= 15 is 0 Å². The number of aromatic nitrogens is 1. The molecule has 0 saturated heterocycles. The Bertz CT molecular complexity index is 1040. The minimum Gasteiger partial charge on any atom is -0.378 e. The van der Waals surface area contributed by atoms with Crippen molar-refractivity contribution in [2.24, 2.45) is 0 Å². The highest BCUT2D eigenvalue weighted by atomic mass is 32.2. The molecule has 0 aliphatic heterocycles. The summed E-state index contributed by atoms with van der Waals surface area (Å²) in [5.74, 6) is -0.257. The first-order valence-corrected chi connectivity index (χ1v) is 10.1. The average Bonchev–Trinajstić information content (AvgIpc) is 2.95. The number of amides is 1. The molecule has 0 aliphatic rings. The normalized spacial score (nSPS) is 11.5. The molecule has 25 heavy (non-hydrogen) atoms. The number of carbonyl (C=O) groups is 1. The van der Waals surface area contributed by atoms with Crippen LogP contribution in [0.1, 0.15) is 10.4 Å². The summed E-state index contributed by atoms with van der Waals surface area (Å²) in [7, 11) is 0.588. The largest absolute Gasteiger partial charge is 0.378 e. The predicted octanol–water partition coefficient (Wildman–Crippen LogP) is 3.02. The molecule has 0 bridgehead atoms. The number of rotatable bonds is 4. The van der Waals surface area contributed by atoms with E-state index < -0.39 is 9.84 Å². The fourth-order valence-electron chi connectivity index (χ4n) is 2.27. The van der Waals surface area contributed by atoms with Crippen LogP contribution in [0.2, 0.25) is 0 Å². The fraction of sp³-hybridized carbons (Fsp3) is 0.176. The summed E-state index contributed by atoms with van der Waals surface area (Å²) in [6.07, 6.45) is 1.16. The minimum atomic E-state index is -3.27. The third kappa shape index (κ3) is 3.80. The smallest absolute Gasteiger partial charge is 0.257 e. The zero-order valence-corrected chi connectivity index (χ0v) is 15.6. The third-order valence-electron chi connectivity index (χ3n) is 3.65. The van der Waals surface area contributed by atoms with E-state index in [1.165, 1.54) is 17.4 Å². The zero-order valence-electron chi connectivity index (χ0n) is 14.0. The molecule has 0 saturated carbocycles. The lowest BCUT2D eigenvalue weighted by molar-refractivity contribution is 0.102. The van der Waals surface area contributed by atoms with Gasteiger partial charge in [-0.3, -0.25) is 10.1 Å². The molecule has 1 heterocycles. The van der Waals surface area contributed by atoms with Gasteiger partial charge >= 0.3 is 0 Å². The lowest BCUT2D eigenvalue weighted by Crippen LogP contribution is -2.13. The van der Waals surface area contributed by atoms with E-state index in [-0.39, 0.29) is 10.8 Å². The lowest BCUT2D eigenvalue weighted by Gasteiger charge is -2.12. The molecular weight excluding hydrogens is 358 g/mol. The second-order valence-corrected chi connectivity index (χ2v) is 8.86. The van der Waals surface area contributed by atoms with Crippen LogP contribution in [-0.2, 0) is 9.84 Å². The molecule has 0 atom stereocenters. The number of fused-ring (bicyclic) bond motifs is 1. The van der Waals surface area contributed by atoms with Gasteiger partial charge in [0.15, 0.2) is 15.0 Å². The molecule has 8 heteroatoms. The summed E-state index contributed by atoms with van der Waals surface area (Å²) in [5, 5.41) is 3.19. The van der Waals surface area contributed by atoms with Crippen molar-refractivity contribution in [2.45, 2.75) is 4.90 Å². The number of benzene rings is 2. The minimum absolute atomic E-state index is 0.237. The van der Waals surface area contributed by atoms with Crippen molar-refractivity contribution >= 4 is 48.1 Å². The monoisotopic (exact) mass is 375 g/mol. The summed E-state index contributed by atoms with van der Waals surface area (Å²) >= 11 is 1.24. The molecule has 130 valence electrons. The summed E-state index contributed by atoms with van der Waals surface area (Å²) in [4.78, 5) is 18.9. The Morgan fingerprint density at radius 3 is 2.40 bits per heavy atom. The number of carbonyl (C=O) groups excluding carboxylic acids is 1. The van der Waals surface area contributed by atoms with Gasteiger partial charge in [-0.15, -0.1) is 0 Å².